The molecule has 1 aliphatic rings. The second-order valence-corrected chi connectivity index (χ2v) is 8.24. The number of hydrogen-bond acceptors (Lipinski definition) is 6. The van der Waals surface area contributed by atoms with E-state index in [9.17, 15) is 9.18 Å². The first kappa shape index (κ1) is 22.9. The van der Waals surface area contributed by atoms with Gasteiger partial charge >= 0.3 is 0 Å². The van der Waals surface area contributed by atoms with Gasteiger partial charge in [0.15, 0.2) is 0 Å². The second-order valence-electron chi connectivity index (χ2n) is 8.24. The molecule has 0 bridgehead atoms. The molecule has 1 saturated heterocycles. The molecule has 1 amide bonds. The molecule has 33 heavy (non-hydrogen) atoms. The van der Waals surface area contributed by atoms with Gasteiger partial charge in [0.1, 0.15) is 5.82 Å². The summed E-state index contributed by atoms with van der Waals surface area (Å²) >= 11 is 0. The van der Waals surface area contributed by atoms with Crippen LogP contribution in [0.3, 0.4) is 0 Å². The van der Waals surface area contributed by atoms with Crippen LogP contribution in [-0.2, 0) is 11.2 Å². The van der Waals surface area contributed by atoms with E-state index in [2.05, 4.69) is 55.6 Å². The lowest BCUT2D eigenvalue weighted by Gasteiger charge is -2.36. The average molecular weight is 452 g/mol. The minimum atomic E-state index is -0.315. The fourth-order valence-electron chi connectivity index (χ4n) is 3.94. The Labute approximate surface area is 193 Å². The number of amides is 1. The van der Waals surface area contributed by atoms with Crippen molar-refractivity contribution >= 4 is 11.6 Å². The number of rotatable bonds is 10. The van der Waals surface area contributed by atoms with Crippen molar-refractivity contribution < 1.29 is 13.7 Å². The first-order valence-electron chi connectivity index (χ1n) is 11.5. The van der Waals surface area contributed by atoms with Crippen LogP contribution in [0.5, 0.6) is 0 Å². The zero-order valence-electron chi connectivity index (χ0n) is 18.8. The van der Waals surface area contributed by atoms with Crippen molar-refractivity contribution in [2.45, 2.75) is 25.7 Å². The molecule has 0 atom stereocenters. The van der Waals surface area contributed by atoms with E-state index in [1.165, 1.54) is 17.8 Å². The molecular weight excluding hydrogens is 421 g/mol. The number of aromatic nitrogens is 2. The lowest BCUT2D eigenvalue weighted by Crippen LogP contribution is -2.46. The van der Waals surface area contributed by atoms with Crippen molar-refractivity contribution in [3.8, 4) is 11.4 Å². The summed E-state index contributed by atoms with van der Waals surface area (Å²) in [7, 11) is 0. The largest absolute Gasteiger partial charge is 0.369 e. The van der Waals surface area contributed by atoms with Crippen molar-refractivity contribution in [2.75, 3.05) is 44.2 Å². The highest BCUT2D eigenvalue weighted by Gasteiger charge is 2.16. The van der Waals surface area contributed by atoms with Crippen LogP contribution in [-0.4, -0.2) is 60.2 Å². The fourth-order valence-corrected chi connectivity index (χ4v) is 3.94. The molecule has 2 heterocycles. The highest BCUT2D eigenvalue weighted by molar-refractivity contribution is 5.76. The summed E-state index contributed by atoms with van der Waals surface area (Å²) in [5, 5.41) is 6.87. The number of nitrogens with one attached hydrogen (secondary N) is 1. The van der Waals surface area contributed by atoms with Crippen molar-refractivity contribution in [2.24, 2.45) is 0 Å². The molecule has 1 aliphatic heterocycles. The number of nitrogens with zero attached hydrogens (tertiary/aromatic N) is 4. The zero-order valence-corrected chi connectivity index (χ0v) is 18.8. The van der Waals surface area contributed by atoms with Gasteiger partial charge in [0.05, 0.1) is 0 Å². The molecular formula is C25H30FN5O2. The first-order valence-corrected chi connectivity index (χ1v) is 11.5. The molecule has 174 valence electrons. The van der Waals surface area contributed by atoms with Crippen LogP contribution in [0.4, 0.5) is 10.1 Å². The summed E-state index contributed by atoms with van der Waals surface area (Å²) in [4.78, 5) is 21.3. The summed E-state index contributed by atoms with van der Waals surface area (Å²) in [6.07, 6.45) is 2.70. The summed E-state index contributed by atoms with van der Waals surface area (Å²) in [6.45, 7) is 6.00. The highest BCUT2D eigenvalue weighted by atomic mass is 19.1. The van der Waals surface area contributed by atoms with Crippen LogP contribution >= 0.6 is 0 Å². The van der Waals surface area contributed by atoms with Crippen LogP contribution in [0, 0.1) is 5.82 Å². The van der Waals surface area contributed by atoms with Crippen LogP contribution < -0.4 is 10.2 Å². The summed E-state index contributed by atoms with van der Waals surface area (Å²) in [5.74, 6) is 0.465. The molecule has 3 aromatic rings. The number of carbonyl (C=O) groups excluding carboxylic acids is 1. The average Bonchev–Trinajstić information content (AvgIpc) is 3.33. The molecule has 8 heteroatoms. The smallest absolute Gasteiger partial charge is 0.227 e. The fraction of sp³-hybridized carbons (Fsp3) is 0.400. The Bertz CT molecular complexity index is 1000. The third kappa shape index (κ3) is 6.86. The summed E-state index contributed by atoms with van der Waals surface area (Å²) in [5.41, 5.74) is 1.98. The number of anilines is 1. The second kappa shape index (κ2) is 11.6. The standard InChI is InChI=1S/C25H30FN5O2/c26-21-10-8-20(9-11-21)25-28-24(33-29-25)13-12-23(32)27-14-4-5-15-30-16-18-31(19-17-30)22-6-2-1-3-7-22/h1-3,6-11H,4-5,12-19H2,(H,27,32). The minimum Gasteiger partial charge on any atom is -0.369 e. The molecule has 0 saturated carbocycles. The number of para-hydroxylation sites is 1. The molecule has 0 spiro atoms. The maximum Gasteiger partial charge on any atom is 0.227 e. The van der Waals surface area contributed by atoms with E-state index in [0.717, 1.165) is 45.6 Å². The number of piperazine rings is 1. The van der Waals surface area contributed by atoms with E-state index in [1.807, 2.05) is 0 Å². The third-order valence-electron chi connectivity index (χ3n) is 5.85. The topological polar surface area (TPSA) is 74.5 Å². The molecule has 1 N–H and O–H groups in total. The van der Waals surface area contributed by atoms with E-state index < -0.39 is 0 Å². The Kier molecular flexibility index (Phi) is 8.03. The number of benzene rings is 2. The Morgan fingerprint density at radius 2 is 1.76 bits per heavy atom. The summed E-state index contributed by atoms with van der Waals surface area (Å²) in [6, 6.07) is 16.5. The van der Waals surface area contributed by atoms with Crippen molar-refractivity contribution in [1.82, 2.24) is 20.4 Å². The van der Waals surface area contributed by atoms with E-state index in [4.69, 9.17) is 4.52 Å². The maximum absolute atomic E-state index is 13.0. The Morgan fingerprint density at radius 1 is 1.00 bits per heavy atom. The van der Waals surface area contributed by atoms with E-state index in [1.54, 1.807) is 12.1 Å². The molecule has 7 nitrogen and oxygen atoms in total. The predicted molar refractivity (Wildman–Crippen MR) is 125 cm³/mol. The normalized spacial score (nSPS) is 14.4. The van der Waals surface area contributed by atoms with Crippen LogP contribution in [0.25, 0.3) is 11.4 Å². The van der Waals surface area contributed by atoms with Crippen LogP contribution in [0.1, 0.15) is 25.2 Å². The predicted octanol–water partition coefficient (Wildman–Crippen LogP) is 3.53. The van der Waals surface area contributed by atoms with E-state index >= 15 is 0 Å². The van der Waals surface area contributed by atoms with Gasteiger partial charge in [-0.3, -0.25) is 9.69 Å². The van der Waals surface area contributed by atoms with Gasteiger partial charge in [-0.25, -0.2) is 4.39 Å². The number of unbranched alkanes of at least 4 members (excludes halogenated alkanes) is 1. The van der Waals surface area contributed by atoms with Gasteiger partial charge in [-0.2, -0.15) is 4.98 Å². The quantitative estimate of drug-likeness (QED) is 0.476. The zero-order chi connectivity index (χ0) is 22.9. The van der Waals surface area contributed by atoms with Gasteiger partial charge in [-0.05, 0) is 55.8 Å². The van der Waals surface area contributed by atoms with Gasteiger partial charge in [-0.1, -0.05) is 23.4 Å². The van der Waals surface area contributed by atoms with Gasteiger partial charge in [-0.15, -0.1) is 0 Å². The van der Waals surface area contributed by atoms with Crippen LogP contribution in [0.15, 0.2) is 59.1 Å². The number of carbonyl (C=O) groups is 1. The number of aryl methyl sites for hydroxylation is 1. The lowest BCUT2D eigenvalue weighted by atomic mass is 10.2. The molecule has 4 rings (SSSR count). The SMILES string of the molecule is O=C(CCc1nc(-c2ccc(F)cc2)no1)NCCCCN1CCN(c2ccccc2)CC1. The first-order chi connectivity index (χ1) is 16.2. The van der Waals surface area contributed by atoms with Gasteiger partial charge < -0.3 is 14.7 Å². The van der Waals surface area contributed by atoms with Gasteiger partial charge in [0.2, 0.25) is 17.6 Å². The Balaban J connectivity index is 1.07. The molecule has 0 unspecified atom stereocenters. The van der Waals surface area contributed by atoms with Crippen molar-refractivity contribution in [3.05, 3.63) is 66.3 Å². The third-order valence-corrected chi connectivity index (χ3v) is 5.85. The highest BCUT2D eigenvalue weighted by Crippen LogP contribution is 2.17. The van der Waals surface area contributed by atoms with E-state index in [-0.39, 0.29) is 11.7 Å². The molecule has 2 aromatic carbocycles. The Morgan fingerprint density at radius 3 is 2.52 bits per heavy atom. The minimum absolute atomic E-state index is 0.0204. The van der Waals surface area contributed by atoms with Gasteiger partial charge in [0, 0.05) is 56.8 Å². The number of hydrogen-bond donors (Lipinski definition) is 1. The summed E-state index contributed by atoms with van der Waals surface area (Å²) < 4.78 is 18.2. The molecule has 1 fully saturated rings. The molecule has 0 radical (unpaired) electrons. The lowest BCUT2D eigenvalue weighted by molar-refractivity contribution is -0.121. The number of halogens is 1. The van der Waals surface area contributed by atoms with Crippen molar-refractivity contribution in [3.63, 3.8) is 0 Å². The van der Waals surface area contributed by atoms with E-state index in [0.29, 0.717) is 36.7 Å². The van der Waals surface area contributed by atoms with Crippen molar-refractivity contribution in [1.29, 1.82) is 0 Å². The molecule has 1 aromatic heterocycles. The maximum atomic E-state index is 13.0. The van der Waals surface area contributed by atoms with Crippen LogP contribution in [0.2, 0.25) is 0 Å². The molecule has 0 aliphatic carbocycles. The van der Waals surface area contributed by atoms with Gasteiger partial charge in [0.25, 0.3) is 0 Å². The Hall–Kier alpha value is -3.26. The monoisotopic (exact) mass is 451 g/mol.